The summed E-state index contributed by atoms with van der Waals surface area (Å²) >= 11 is 0. The lowest BCUT2D eigenvalue weighted by Gasteiger charge is -2.04. The van der Waals surface area contributed by atoms with Gasteiger partial charge in [0.05, 0.1) is 11.9 Å². The minimum Gasteiger partial charge on any atom is -0.478 e. The molecule has 0 spiro atoms. The van der Waals surface area contributed by atoms with E-state index in [-0.39, 0.29) is 17.7 Å². The third kappa shape index (κ3) is 3.95. The first-order chi connectivity index (χ1) is 8.81. The van der Waals surface area contributed by atoms with Crippen LogP contribution in [-0.2, 0) is 20.9 Å². The van der Waals surface area contributed by atoms with Crippen molar-refractivity contribution in [3.8, 4) is 0 Å². The lowest BCUT2D eigenvalue weighted by Crippen LogP contribution is -2.19. The Kier molecular flexibility index (Phi) is 4.41. The molecule has 0 aliphatic rings. The van der Waals surface area contributed by atoms with Crippen molar-refractivity contribution in [3.05, 3.63) is 23.5 Å². The zero-order valence-electron chi connectivity index (χ0n) is 10.5. The van der Waals surface area contributed by atoms with Gasteiger partial charge in [-0.25, -0.2) is 4.79 Å². The molecule has 0 radical (unpaired) electrons. The number of hydrogen-bond acceptors (Lipinski definition) is 4. The Labute approximate surface area is 108 Å². The Balaban J connectivity index is 2.78. The van der Waals surface area contributed by atoms with Crippen LogP contribution in [0.2, 0.25) is 0 Å². The predicted molar refractivity (Wildman–Crippen MR) is 66.1 cm³/mol. The summed E-state index contributed by atoms with van der Waals surface area (Å²) in [5.74, 6) is -2.26. The van der Waals surface area contributed by atoms with Crippen molar-refractivity contribution in [2.75, 3.05) is 5.32 Å². The molecule has 0 unspecified atom stereocenters. The highest BCUT2D eigenvalue weighted by molar-refractivity contribution is 6.07. The number of carbonyl (C=O) groups is 3. The Morgan fingerprint density at radius 2 is 2.00 bits per heavy atom. The molecule has 0 aliphatic carbocycles. The maximum Gasteiger partial charge on any atom is 0.331 e. The second kappa shape index (κ2) is 5.80. The SMILES string of the molecule is C/C(C(=O)O)=C(\C)C(=O)Nc1cnn(CC(N)=O)c1. The zero-order valence-corrected chi connectivity index (χ0v) is 10.5. The monoisotopic (exact) mass is 266 g/mol. The van der Waals surface area contributed by atoms with Gasteiger partial charge in [0.15, 0.2) is 0 Å². The second-order valence-corrected chi connectivity index (χ2v) is 3.90. The van der Waals surface area contributed by atoms with Crippen LogP contribution >= 0.6 is 0 Å². The van der Waals surface area contributed by atoms with Crippen molar-refractivity contribution in [2.24, 2.45) is 5.73 Å². The third-order valence-electron chi connectivity index (χ3n) is 2.43. The van der Waals surface area contributed by atoms with Crippen molar-refractivity contribution in [2.45, 2.75) is 20.4 Å². The fourth-order valence-electron chi connectivity index (χ4n) is 1.23. The third-order valence-corrected chi connectivity index (χ3v) is 2.43. The molecule has 19 heavy (non-hydrogen) atoms. The number of aromatic nitrogens is 2. The van der Waals surface area contributed by atoms with E-state index in [9.17, 15) is 14.4 Å². The summed E-state index contributed by atoms with van der Waals surface area (Å²) in [5.41, 5.74) is 5.40. The first-order valence-corrected chi connectivity index (χ1v) is 5.34. The highest BCUT2D eigenvalue weighted by Gasteiger charge is 2.13. The van der Waals surface area contributed by atoms with Gasteiger partial charge in [0.2, 0.25) is 5.91 Å². The predicted octanol–water partition coefficient (Wildman–Crippen LogP) is -0.272. The van der Waals surface area contributed by atoms with E-state index < -0.39 is 17.8 Å². The summed E-state index contributed by atoms with van der Waals surface area (Å²) in [6, 6.07) is 0. The molecule has 1 rings (SSSR count). The average Bonchev–Trinajstić information content (AvgIpc) is 2.73. The maximum atomic E-state index is 11.7. The van der Waals surface area contributed by atoms with Crippen LogP contribution in [0.3, 0.4) is 0 Å². The Bertz CT molecular complexity index is 559. The van der Waals surface area contributed by atoms with Gasteiger partial charge in [0.25, 0.3) is 5.91 Å². The van der Waals surface area contributed by atoms with Crippen LogP contribution in [0.15, 0.2) is 23.5 Å². The Morgan fingerprint density at radius 3 is 2.53 bits per heavy atom. The second-order valence-electron chi connectivity index (χ2n) is 3.90. The number of nitrogens with one attached hydrogen (secondary N) is 1. The zero-order chi connectivity index (χ0) is 14.6. The van der Waals surface area contributed by atoms with Gasteiger partial charge < -0.3 is 16.2 Å². The van der Waals surface area contributed by atoms with Gasteiger partial charge >= 0.3 is 5.97 Å². The quantitative estimate of drug-likeness (QED) is 0.632. The molecule has 0 atom stereocenters. The van der Waals surface area contributed by atoms with Crippen LogP contribution in [-0.4, -0.2) is 32.7 Å². The molecule has 0 saturated heterocycles. The summed E-state index contributed by atoms with van der Waals surface area (Å²) in [6.07, 6.45) is 2.76. The number of carboxylic acid groups (broad SMARTS) is 1. The molecule has 8 heteroatoms. The highest BCUT2D eigenvalue weighted by atomic mass is 16.4. The molecule has 0 saturated carbocycles. The molecule has 1 aromatic rings. The van der Waals surface area contributed by atoms with Crippen LogP contribution < -0.4 is 11.1 Å². The van der Waals surface area contributed by atoms with Crippen molar-refractivity contribution < 1.29 is 19.5 Å². The van der Waals surface area contributed by atoms with E-state index in [1.54, 1.807) is 0 Å². The molecule has 0 fully saturated rings. The number of hydrogen-bond donors (Lipinski definition) is 3. The highest BCUT2D eigenvalue weighted by Crippen LogP contribution is 2.10. The molecular weight excluding hydrogens is 252 g/mol. The number of primary amides is 1. The molecule has 1 aromatic heterocycles. The molecule has 102 valence electrons. The molecule has 4 N–H and O–H groups in total. The Hall–Kier alpha value is -2.64. The molecular formula is C11H14N4O4. The average molecular weight is 266 g/mol. The Morgan fingerprint density at radius 1 is 1.37 bits per heavy atom. The summed E-state index contributed by atoms with van der Waals surface area (Å²) in [5, 5.41) is 15.1. The molecule has 1 heterocycles. The van der Waals surface area contributed by atoms with Gasteiger partial charge in [0, 0.05) is 17.3 Å². The maximum absolute atomic E-state index is 11.7. The van der Waals surface area contributed by atoms with Crippen LogP contribution in [0.4, 0.5) is 5.69 Å². The summed E-state index contributed by atoms with van der Waals surface area (Å²) in [4.78, 5) is 33.1. The fraction of sp³-hybridized carbons (Fsp3) is 0.273. The van der Waals surface area contributed by atoms with E-state index in [1.165, 1.54) is 30.9 Å². The number of carboxylic acids is 1. The fourth-order valence-corrected chi connectivity index (χ4v) is 1.23. The van der Waals surface area contributed by atoms with E-state index in [4.69, 9.17) is 10.8 Å². The van der Waals surface area contributed by atoms with Crippen LogP contribution in [0.25, 0.3) is 0 Å². The van der Waals surface area contributed by atoms with Gasteiger partial charge in [-0.1, -0.05) is 0 Å². The van der Waals surface area contributed by atoms with E-state index in [0.29, 0.717) is 5.69 Å². The molecule has 2 amide bonds. The lowest BCUT2D eigenvalue weighted by atomic mass is 10.1. The number of rotatable bonds is 5. The molecule has 0 bridgehead atoms. The number of nitrogens with two attached hydrogens (primary N) is 1. The molecule has 0 aliphatic heterocycles. The van der Waals surface area contributed by atoms with Crippen molar-refractivity contribution in [3.63, 3.8) is 0 Å². The van der Waals surface area contributed by atoms with Gasteiger partial charge in [-0.2, -0.15) is 5.10 Å². The van der Waals surface area contributed by atoms with Crippen molar-refractivity contribution in [1.82, 2.24) is 9.78 Å². The van der Waals surface area contributed by atoms with Crippen LogP contribution in [0, 0.1) is 0 Å². The topological polar surface area (TPSA) is 127 Å². The molecule has 8 nitrogen and oxygen atoms in total. The largest absolute Gasteiger partial charge is 0.478 e. The number of amides is 2. The van der Waals surface area contributed by atoms with E-state index in [2.05, 4.69) is 10.4 Å². The molecule has 0 aromatic carbocycles. The first-order valence-electron chi connectivity index (χ1n) is 5.34. The summed E-state index contributed by atoms with van der Waals surface area (Å²) in [6.45, 7) is 2.65. The number of carbonyl (C=O) groups excluding carboxylic acids is 2. The smallest absolute Gasteiger partial charge is 0.331 e. The van der Waals surface area contributed by atoms with E-state index >= 15 is 0 Å². The standard InChI is InChI=1S/C11H14N4O4/c1-6(7(2)11(18)19)10(17)14-8-3-13-15(4-8)5-9(12)16/h3-4H,5H2,1-2H3,(H2,12,16)(H,14,17)(H,18,19)/b7-6-. The number of anilines is 1. The van der Waals surface area contributed by atoms with Crippen molar-refractivity contribution >= 4 is 23.5 Å². The minimum atomic E-state index is -1.16. The van der Waals surface area contributed by atoms with Gasteiger partial charge in [-0.15, -0.1) is 0 Å². The lowest BCUT2D eigenvalue weighted by molar-refractivity contribution is -0.133. The number of aliphatic carboxylic acids is 1. The minimum absolute atomic E-state index is 0.0398. The van der Waals surface area contributed by atoms with Crippen molar-refractivity contribution in [1.29, 1.82) is 0 Å². The summed E-state index contributed by atoms with van der Waals surface area (Å²) < 4.78 is 1.26. The van der Waals surface area contributed by atoms with E-state index in [0.717, 1.165) is 0 Å². The summed E-state index contributed by atoms with van der Waals surface area (Å²) in [7, 11) is 0. The first kappa shape index (κ1) is 14.4. The van der Waals surface area contributed by atoms with E-state index in [1.807, 2.05) is 0 Å². The van der Waals surface area contributed by atoms with Gasteiger partial charge in [-0.05, 0) is 13.8 Å². The van der Waals surface area contributed by atoms with Crippen LogP contribution in [0.1, 0.15) is 13.8 Å². The number of nitrogens with zero attached hydrogens (tertiary/aromatic N) is 2. The van der Waals surface area contributed by atoms with Gasteiger partial charge in [-0.3, -0.25) is 14.3 Å². The van der Waals surface area contributed by atoms with Gasteiger partial charge in [0.1, 0.15) is 6.54 Å². The van der Waals surface area contributed by atoms with Crippen LogP contribution in [0.5, 0.6) is 0 Å². The normalized spacial score (nSPS) is 11.7.